The van der Waals surface area contributed by atoms with Crippen LogP contribution in [0.25, 0.3) is 0 Å². The summed E-state index contributed by atoms with van der Waals surface area (Å²) in [4.78, 5) is 11.3. The second kappa shape index (κ2) is 5.87. The Labute approximate surface area is 114 Å². The Kier molecular flexibility index (Phi) is 4.20. The zero-order valence-corrected chi connectivity index (χ0v) is 11.3. The quantitative estimate of drug-likeness (QED) is 0.919. The van der Waals surface area contributed by atoms with Gasteiger partial charge >= 0.3 is 5.97 Å². The van der Waals surface area contributed by atoms with Crippen LogP contribution in [0.2, 0.25) is 0 Å². The smallest absolute Gasteiger partial charge is 0.307 e. The summed E-state index contributed by atoms with van der Waals surface area (Å²) in [6, 6.07) is 9.53. The van der Waals surface area contributed by atoms with Gasteiger partial charge in [-0.3, -0.25) is 4.79 Å². The van der Waals surface area contributed by atoms with Gasteiger partial charge in [0, 0.05) is 4.47 Å². The van der Waals surface area contributed by atoms with Gasteiger partial charge in [0.25, 0.3) is 0 Å². The molecule has 1 aromatic heterocycles. The highest BCUT2D eigenvalue weighted by Crippen LogP contribution is 2.18. The van der Waals surface area contributed by atoms with Crippen LogP contribution in [0.1, 0.15) is 11.1 Å². The predicted molar refractivity (Wildman–Crippen MR) is 71.4 cm³/mol. The minimum absolute atomic E-state index is 0.433. The van der Waals surface area contributed by atoms with Crippen molar-refractivity contribution in [2.45, 2.75) is 12.8 Å². The molecule has 94 valence electrons. The molecular formula is C14H13BrO3. The lowest BCUT2D eigenvalue weighted by Crippen LogP contribution is -2.18. The van der Waals surface area contributed by atoms with E-state index < -0.39 is 11.9 Å². The van der Waals surface area contributed by atoms with Crippen molar-refractivity contribution in [3.05, 3.63) is 58.5 Å². The van der Waals surface area contributed by atoms with Crippen LogP contribution in [0.15, 0.2) is 51.7 Å². The standard InChI is InChI=1S/C14H13BrO3/c15-13-3-1-2-10(8-13)6-12(14(16)17)7-11-4-5-18-9-11/h1-5,8-9,12H,6-7H2,(H,16,17). The van der Waals surface area contributed by atoms with Gasteiger partial charge in [-0.05, 0) is 42.2 Å². The SMILES string of the molecule is O=C(O)C(Cc1ccoc1)Cc1cccc(Br)c1. The monoisotopic (exact) mass is 308 g/mol. The topological polar surface area (TPSA) is 50.4 Å². The minimum Gasteiger partial charge on any atom is -0.481 e. The summed E-state index contributed by atoms with van der Waals surface area (Å²) in [7, 11) is 0. The summed E-state index contributed by atoms with van der Waals surface area (Å²) in [5.41, 5.74) is 1.93. The molecule has 0 saturated carbocycles. The Hall–Kier alpha value is -1.55. The Balaban J connectivity index is 2.09. The van der Waals surface area contributed by atoms with Gasteiger partial charge < -0.3 is 9.52 Å². The molecule has 1 aromatic carbocycles. The molecule has 0 radical (unpaired) electrons. The van der Waals surface area contributed by atoms with E-state index in [2.05, 4.69) is 15.9 Å². The van der Waals surface area contributed by atoms with Gasteiger partial charge in [-0.2, -0.15) is 0 Å². The Morgan fingerprint density at radius 3 is 2.67 bits per heavy atom. The molecule has 1 N–H and O–H groups in total. The summed E-state index contributed by atoms with van der Waals surface area (Å²) < 4.78 is 5.93. The Bertz CT molecular complexity index is 520. The Morgan fingerprint density at radius 2 is 2.06 bits per heavy atom. The van der Waals surface area contributed by atoms with Crippen LogP contribution in [0, 0.1) is 5.92 Å². The van der Waals surface area contributed by atoms with Gasteiger partial charge in [0.15, 0.2) is 0 Å². The van der Waals surface area contributed by atoms with E-state index in [-0.39, 0.29) is 0 Å². The molecule has 18 heavy (non-hydrogen) atoms. The summed E-state index contributed by atoms with van der Waals surface area (Å²) in [5, 5.41) is 9.26. The first-order valence-corrected chi connectivity index (χ1v) is 6.43. The summed E-state index contributed by atoms with van der Waals surface area (Å²) in [5.74, 6) is -1.21. The molecule has 4 heteroatoms. The molecule has 0 aliphatic carbocycles. The molecule has 0 fully saturated rings. The van der Waals surface area contributed by atoms with Crippen LogP contribution in [0.5, 0.6) is 0 Å². The number of furan rings is 1. The first-order chi connectivity index (χ1) is 8.65. The van der Waals surface area contributed by atoms with Crippen molar-refractivity contribution in [1.29, 1.82) is 0 Å². The molecule has 0 bridgehead atoms. The number of halogens is 1. The summed E-state index contributed by atoms with van der Waals surface area (Å²) >= 11 is 3.39. The lowest BCUT2D eigenvalue weighted by Gasteiger charge is -2.11. The van der Waals surface area contributed by atoms with E-state index in [1.54, 1.807) is 18.6 Å². The maximum atomic E-state index is 11.3. The van der Waals surface area contributed by atoms with Crippen LogP contribution in [0.3, 0.4) is 0 Å². The molecule has 2 rings (SSSR count). The van der Waals surface area contributed by atoms with Gasteiger partial charge in [0.2, 0.25) is 0 Å². The lowest BCUT2D eigenvalue weighted by molar-refractivity contribution is -0.141. The molecule has 3 nitrogen and oxygen atoms in total. The molecule has 2 aromatic rings. The molecule has 0 saturated heterocycles. The fourth-order valence-corrected chi connectivity index (χ4v) is 2.34. The van der Waals surface area contributed by atoms with E-state index in [4.69, 9.17) is 4.42 Å². The van der Waals surface area contributed by atoms with E-state index in [0.29, 0.717) is 12.8 Å². The second-order valence-corrected chi connectivity index (χ2v) is 5.12. The molecule has 0 aliphatic heterocycles. The number of carboxylic acid groups (broad SMARTS) is 1. The number of benzene rings is 1. The molecular weight excluding hydrogens is 296 g/mol. The van der Waals surface area contributed by atoms with Gasteiger partial charge in [0.1, 0.15) is 0 Å². The number of carboxylic acids is 1. The van der Waals surface area contributed by atoms with Crippen molar-refractivity contribution in [3.63, 3.8) is 0 Å². The van der Waals surface area contributed by atoms with E-state index in [1.165, 1.54) is 0 Å². The lowest BCUT2D eigenvalue weighted by atomic mass is 9.94. The number of rotatable bonds is 5. The zero-order chi connectivity index (χ0) is 13.0. The van der Waals surface area contributed by atoms with E-state index >= 15 is 0 Å². The van der Waals surface area contributed by atoms with E-state index in [0.717, 1.165) is 15.6 Å². The van der Waals surface area contributed by atoms with Gasteiger partial charge in [-0.15, -0.1) is 0 Å². The van der Waals surface area contributed by atoms with Gasteiger partial charge in [-0.25, -0.2) is 0 Å². The van der Waals surface area contributed by atoms with Gasteiger partial charge in [0.05, 0.1) is 18.4 Å². The normalized spacial score (nSPS) is 12.3. The first kappa shape index (κ1) is 12.9. The summed E-state index contributed by atoms with van der Waals surface area (Å²) in [6.07, 6.45) is 4.16. The average Bonchev–Trinajstić information content (AvgIpc) is 2.81. The van der Waals surface area contributed by atoms with Crippen LogP contribution < -0.4 is 0 Å². The summed E-state index contributed by atoms with van der Waals surface area (Å²) in [6.45, 7) is 0. The Morgan fingerprint density at radius 1 is 1.28 bits per heavy atom. The van der Waals surface area contributed by atoms with Crippen molar-refractivity contribution >= 4 is 21.9 Å². The second-order valence-electron chi connectivity index (χ2n) is 4.20. The number of aliphatic carboxylic acids is 1. The first-order valence-electron chi connectivity index (χ1n) is 5.63. The predicted octanol–water partition coefficient (Wildman–Crippen LogP) is 3.53. The van der Waals surface area contributed by atoms with Crippen LogP contribution in [-0.4, -0.2) is 11.1 Å². The van der Waals surface area contributed by atoms with Crippen molar-refractivity contribution in [2.75, 3.05) is 0 Å². The third kappa shape index (κ3) is 3.47. The molecule has 1 atom stereocenters. The maximum absolute atomic E-state index is 11.3. The highest BCUT2D eigenvalue weighted by Gasteiger charge is 2.19. The van der Waals surface area contributed by atoms with Crippen molar-refractivity contribution in [1.82, 2.24) is 0 Å². The molecule has 0 spiro atoms. The van der Waals surface area contributed by atoms with E-state index in [9.17, 15) is 9.90 Å². The minimum atomic E-state index is -0.781. The zero-order valence-electron chi connectivity index (χ0n) is 9.67. The molecule has 0 amide bonds. The molecule has 0 aliphatic rings. The number of carbonyl (C=O) groups is 1. The average molecular weight is 309 g/mol. The number of hydrogen-bond acceptors (Lipinski definition) is 2. The molecule has 1 unspecified atom stereocenters. The highest BCUT2D eigenvalue weighted by molar-refractivity contribution is 9.10. The van der Waals surface area contributed by atoms with Crippen molar-refractivity contribution in [3.8, 4) is 0 Å². The van der Waals surface area contributed by atoms with Crippen molar-refractivity contribution < 1.29 is 14.3 Å². The van der Waals surface area contributed by atoms with Crippen LogP contribution >= 0.6 is 15.9 Å². The third-order valence-corrected chi connectivity index (χ3v) is 3.28. The maximum Gasteiger partial charge on any atom is 0.307 e. The van der Waals surface area contributed by atoms with E-state index in [1.807, 2.05) is 24.3 Å². The number of hydrogen-bond donors (Lipinski definition) is 1. The van der Waals surface area contributed by atoms with Crippen LogP contribution in [-0.2, 0) is 17.6 Å². The highest BCUT2D eigenvalue weighted by atomic mass is 79.9. The van der Waals surface area contributed by atoms with Crippen molar-refractivity contribution in [2.24, 2.45) is 5.92 Å². The molecule has 1 heterocycles. The van der Waals surface area contributed by atoms with Crippen LogP contribution in [0.4, 0.5) is 0 Å². The van der Waals surface area contributed by atoms with Gasteiger partial charge in [-0.1, -0.05) is 28.1 Å². The largest absolute Gasteiger partial charge is 0.481 e. The third-order valence-electron chi connectivity index (χ3n) is 2.78. The fourth-order valence-electron chi connectivity index (χ4n) is 1.89. The fraction of sp³-hybridized carbons (Fsp3) is 0.214.